The highest BCUT2D eigenvalue weighted by Crippen LogP contribution is 2.43. The zero-order chi connectivity index (χ0) is 35.8. The summed E-state index contributed by atoms with van der Waals surface area (Å²) in [5.74, 6) is -2.69. The van der Waals surface area contributed by atoms with Crippen molar-refractivity contribution in [3.8, 4) is 22.3 Å². The van der Waals surface area contributed by atoms with E-state index in [0.717, 1.165) is 5.56 Å². The molecule has 1 heterocycles. The van der Waals surface area contributed by atoms with Crippen LogP contribution in [0.1, 0.15) is 54.5 Å². The van der Waals surface area contributed by atoms with Gasteiger partial charge < -0.3 is 19.9 Å². The first-order valence-electron chi connectivity index (χ1n) is 16.2. The second-order valence-electron chi connectivity index (χ2n) is 12.1. The van der Waals surface area contributed by atoms with Crippen LogP contribution >= 0.6 is 0 Å². The summed E-state index contributed by atoms with van der Waals surface area (Å²) in [6, 6.07) is 29.3. The average Bonchev–Trinajstić information content (AvgIpc) is 3.44. The first-order chi connectivity index (χ1) is 24.0. The smallest absolute Gasteiger partial charge is 0.305 e. The average molecular weight is 681 g/mol. The molecule has 8 nitrogen and oxygen atoms in total. The number of anilines is 1. The van der Waals surface area contributed by atoms with Crippen molar-refractivity contribution in [2.45, 2.75) is 51.5 Å². The van der Waals surface area contributed by atoms with Gasteiger partial charge in [-0.2, -0.15) is 5.06 Å². The predicted molar refractivity (Wildman–Crippen MR) is 188 cm³/mol. The predicted octanol–water partition coefficient (Wildman–Crippen LogP) is 8.06. The lowest BCUT2D eigenvalue weighted by atomic mass is 9.94. The van der Waals surface area contributed by atoms with Crippen molar-refractivity contribution >= 4 is 23.6 Å². The standard InChI is InChI=1S/C40H38F2N2O6/c1-26(2)43-35(22-21-33(45)23-34(46)24-36(47)48)37(28-13-17-30(41)18-14-28)38(29-15-19-31(42)20-16-29)39(43)40(49)44(32-11-7-4-8-12-32)50-25-27-9-5-3-6-10-27/h3-22,26,33-34,45-46H,23-25H2,1-2H3,(H,47,48). The molecule has 4 aromatic carbocycles. The molecule has 258 valence electrons. The van der Waals surface area contributed by atoms with Crippen LogP contribution in [-0.2, 0) is 16.2 Å². The van der Waals surface area contributed by atoms with Crippen molar-refractivity contribution in [2.75, 3.05) is 5.06 Å². The summed E-state index contributed by atoms with van der Waals surface area (Å²) in [6.07, 6.45) is -0.324. The van der Waals surface area contributed by atoms with Crippen LogP contribution < -0.4 is 5.06 Å². The van der Waals surface area contributed by atoms with Crippen molar-refractivity contribution in [2.24, 2.45) is 0 Å². The number of aliphatic hydroxyl groups is 2. The molecule has 10 heteroatoms. The highest BCUT2D eigenvalue weighted by atomic mass is 19.1. The van der Waals surface area contributed by atoms with Crippen LogP contribution in [0, 0.1) is 11.6 Å². The van der Waals surface area contributed by atoms with E-state index in [-0.39, 0.29) is 24.8 Å². The third-order valence-corrected chi connectivity index (χ3v) is 8.01. The van der Waals surface area contributed by atoms with Crippen LogP contribution in [0.3, 0.4) is 0 Å². The third-order valence-electron chi connectivity index (χ3n) is 8.01. The summed E-state index contributed by atoms with van der Waals surface area (Å²) >= 11 is 0. The molecule has 0 bridgehead atoms. The van der Waals surface area contributed by atoms with E-state index >= 15 is 4.79 Å². The maximum atomic E-state index is 15.1. The number of carbonyl (C=O) groups excluding carboxylic acids is 1. The molecule has 3 N–H and O–H groups in total. The Hall–Kier alpha value is -5.42. The molecular weight excluding hydrogens is 642 g/mol. The number of aliphatic hydroxyl groups excluding tert-OH is 2. The summed E-state index contributed by atoms with van der Waals surface area (Å²) < 4.78 is 30.3. The zero-order valence-electron chi connectivity index (χ0n) is 27.6. The van der Waals surface area contributed by atoms with Gasteiger partial charge in [-0.25, -0.2) is 8.78 Å². The van der Waals surface area contributed by atoms with E-state index in [1.807, 2.05) is 50.2 Å². The zero-order valence-corrected chi connectivity index (χ0v) is 27.6. The quantitative estimate of drug-likeness (QED) is 0.102. The van der Waals surface area contributed by atoms with Gasteiger partial charge in [-0.05, 0) is 73.0 Å². The van der Waals surface area contributed by atoms with Gasteiger partial charge in [0.2, 0.25) is 0 Å². The number of amides is 1. The Bertz CT molecular complexity index is 1930. The lowest BCUT2D eigenvalue weighted by Gasteiger charge is -2.25. The summed E-state index contributed by atoms with van der Waals surface area (Å²) in [5.41, 5.74) is 3.87. The summed E-state index contributed by atoms with van der Waals surface area (Å²) in [6.45, 7) is 3.82. The molecule has 0 aliphatic carbocycles. The van der Waals surface area contributed by atoms with E-state index in [2.05, 4.69) is 0 Å². The Morgan fingerprint density at radius 3 is 1.88 bits per heavy atom. The van der Waals surface area contributed by atoms with Crippen molar-refractivity contribution in [1.29, 1.82) is 0 Å². The molecule has 0 saturated carbocycles. The van der Waals surface area contributed by atoms with Gasteiger partial charge in [-0.1, -0.05) is 78.9 Å². The van der Waals surface area contributed by atoms with Crippen molar-refractivity contribution in [1.82, 2.24) is 4.57 Å². The van der Waals surface area contributed by atoms with Crippen LogP contribution in [0.2, 0.25) is 0 Å². The molecule has 2 atom stereocenters. The second-order valence-corrected chi connectivity index (χ2v) is 12.1. The molecule has 0 fully saturated rings. The van der Waals surface area contributed by atoms with E-state index < -0.39 is 42.1 Å². The van der Waals surface area contributed by atoms with Crippen molar-refractivity contribution in [3.63, 3.8) is 0 Å². The van der Waals surface area contributed by atoms with Gasteiger partial charge in [0, 0.05) is 29.3 Å². The van der Waals surface area contributed by atoms with Gasteiger partial charge in [0.25, 0.3) is 5.91 Å². The lowest BCUT2D eigenvalue weighted by Crippen LogP contribution is -2.33. The SMILES string of the molecule is CC(C)n1c(C=CC(O)CC(O)CC(=O)O)c(-c2ccc(F)cc2)c(-c2ccc(F)cc2)c1C(=O)N(OCc1ccccc1)c1ccccc1. The summed E-state index contributed by atoms with van der Waals surface area (Å²) in [5, 5.41) is 31.3. The van der Waals surface area contributed by atoms with Gasteiger partial charge in [-0.3, -0.25) is 14.4 Å². The number of benzene rings is 4. The second kappa shape index (κ2) is 16.3. The monoisotopic (exact) mass is 680 g/mol. The molecule has 0 aliphatic heterocycles. The molecule has 2 unspecified atom stereocenters. The van der Waals surface area contributed by atoms with Crippen LogP contribution in [0.5, 0.6) is 0 Å². The van der Waals surface area contributed by atoms with E-state index in [1.54, 1.807) is 59.2 Å². The van der Waals surface area contributed by atoms with Gasteiger partial charge in [-0.15, -0.1) is 0 Å². The van der Waals surface area contributed by atoms with Gasteiger partial charge in [0.1, 0.15) is 23.9 Å². The van der Waals surface area contributed by atoms with Crippen LogP contribution in [0.4, 0.5) is 14.5 Å². The number of halogens is 2. The molecule has 0 spiro atoms. The fraction of sp³-hybridized carbons (Fsp3) is 0.200. The minimum Gasteiger partial charge on any atom is -0.481 e. The highest BCUT2D eigenvalue weighted by molar-refractivity contribution is 6.12. The normalized spacial score (nSPS) is 12.7. The number of nitrogens with zero attached hydrogens (tertiary/aromatic N) is 2. The largest absolute Gasteiger partial charge is 0.481 e. The molecule has 0 aliphatic rings. The Balaban J connectivity index is 1.76. The first-order valence-corrected chi connectivity index (χ1v) is 16.2. The first kappa shape index (κ1) is 35.9. The van der Waals surface area contributed by atoms with Gasteiger partial charge in [0.05, 0.1) is 24.3 Å². The maximum absolute atomic E-state index is 15.1. The number of aromatic nitrogens is 1. The van der Waals surface area contributed by atoms with Crippen LogP contribution in [-0.4, -0.2) is 44.0 Å². The molecule has 0 radical (unpaired) electrons. The van der Waals surface area contributed by atoms with Gasteiger partial charge >= 0.3 is 5.97 Å². The minimum atomic E-state index is -1.30. The van der Waals surface area contributed by atoms with Crippen LogP contribution in [0.25, 0.3) is 28.3 Å². The van der Waals surface area contributed by atoms with Crippen LogP contribution in [0.15, 0.2) is 115 Å². The number of hydrogen-bond donors (Lipinski definition) is 3. The summed E-state index contributed by atoms with van der Waals surface area (Å²) in [7, 11) is 0. The number of carbonyl (C=O) groups is 2. The molecule has 1 aromatic heterocycles. The molecule has 5 rings (SSSR count). The Kier molecular flexibility index (Phi) is 11.7. The van der Waals surface area contributed by atoms with E-state index in [9.17, 15) is 23.8 Å². The number of hydroxylamine groups is 1. The number of carboxylic acids is 1. The molecule has 5 aromatic rings. The number of carboxylic acid groups (broad SMARTS) is 1. The molecule has 1 amide bonds. The van der Waals surface area contributed by atoms with Crippen molar-refractivity contribution in [3.05, 3.63) is 144 Å². The lowest BCUT2D eigenvalue weighted by molar-refractivity contribution is -0.139. The summed E-state index contributed by atoms with van der Waals surface area (Å²) in [4.78, 5) is 32.4. The number of aliphatic carboxylic acids is 1. The van der Waals surface area contributed by atoms with E-state index in [0.29, 0.717) is 33.6 Å². The number of rotatable bonds is 14. The van der Waals surface area contributed by atoms with E-state index in [4.69, 9.17) is 9.94 Å². The van der Waals surface area contributed by atoms with Crippen molar-refractivity contribution < 1.29 is 38.5 Å². The Morgan fingerprint density at radius 2 is 1.34 bits per heavy atom. The van der Waals surface area contributed by atoms with Gasteiger partial charge in [0.15, 0.2) is 0 Å². The fourth-order valence-electron chi connectivity index (χ4n) is 5.79. The Morgan fingerprint density at radius 1 is 0.800 bits per heavy atom. The molecular formula is C40H38F2N2O6. The minimum absolute atomic E-state index is 0.0676. The number of para-hydroxylation sites is 1. The van der Waals surface area contributed by atoms with E-state index in [1.165, 1.54) is 35.4 Å². The topological polar surface area (TPSA) is 112 Å². The molecule has 0 saturated heterocycles. The number of hydrogen-bond acceptors (Lipinski definition) is 5. The maximum Gasteiger partial charge on any atom is 0.305 e. The highest BCUT2D eigenvalue weighted by Gasteiger charge is 2.33. The fourth-order valence-corrected chi connectivity index (χ4v) is 5.79. The third kappa shape index (κ3) is 8.59. The Labute approximate surface area is 289 Å². The molecule has 50 heavy (non-hydrogen) atoms.